The fourth-order valence-electron chi connectivity index (χ4n) is 1.40. The summed E-state index contributed by atoms with van der Waals surface area (Å²) in [4.78, 5) is 8.42. The summed E-state index contributed by atoms with van der Waals surface area (Å²) in [6, 6.07) is 4.08. The molecule has 0 N–H and O–H groups in total. The van der Waals surface area contributed by atoms with E-state index < -0.39 is 0 Å². The molecule has 0 aliphatic carbocycles. The molecule has 78 valence electrons. The number of rotatable bonds is 1. The molecule has 0 saturated carbocycles. The molecule has 3 nitrogen and oxygen atoms in total. The Labute approximate surface area is 89.8 Å². The fourth-order valence-corrected chi connectivity index (χ4v) is 1.40. The molecular formula is C12H15N3. The van der Waals surface area contributed by atoms with E-state index in [1.54, 1.807) is 12.5 Å². The Morgan fingerprint density at radius 2 is 2.00 bits per heavy atom. The van der Waals surface area contributed by atoms with E-state index in [1.165, 1.54) is 0 Å². The minimum Gasteiger partial charge on any atom is -0.306 e. The number of hydrogen-bond donors (Lipinski definition) is 0. The average Bonchev–Trinajstić information content (AvgIpc) is 2.69. The zero-order valence-corrected chi connectivity index (χ0v) is 9.31. The van der Waals surface area contributed by atoms with E-state index in [4.69, 9.17) is 0 Å². The molecule has 0 radical (unpaired) electrons. The summed E-state index contributed by atoms with van der Waals surface area (Å²) in [6.07, 6.45) is 7.34. The number of nitrogens with zero attached hydrogens (tertiary/aromatic N) is 3. The highest BCUT2D eigenvalue weighted by Gasteiger charge is 2.15. The lowest BCUT2D eigenvalue weighted by Crippen LogP contribution is -2.13. The highest BCUT2D eigenvalue weighted by molar-refractivity contribution is 5.34. The molecule has 0 bridgehead atoms. The SMILES string of the molecule is CC(C)(C)c1cc(-n2ccnc2)ccn1. The number of pyridine rings is 1. The molecule has 2 aromatic heterocycles. The van der Waals surface area contributed by atoms with Gasteiger partial charge < -0.3 is 4.57 Å². The molecule has 3 heteroatoms. The highest BCUT2D eigenvalue weighted by atomic mass is 15.0. The Bertz CT molecular complexity index is 438. The molecule has 0 aromatic carbocycles. The first-order valence-corrected chi connectivity index (χ1v) is 5.02. The van der Waals surface area contributed by atoms with Gasteiger partial charge in [0, 0.05) is 35.4 Å². The Balaban J connectivity index is 2.44. The first-order chi connectivity index (χ1) is 7.07. The highest BCUT2D eigenvalue weighted by Crippen LogP contribution is 2.21. The van der Waals surface area contributed by atoms with Crippen molar-refractivity contribution in [1.82, 2.24) is 14.5 Å². The third-order valence-corrected chi connectivity index (χ3v) is 2.31. The minimum atomic E-state index is 0.0800. The smallest absolute Gasteiger partial charge is 0.0991 e. The van der Waals surface area contributed by atoms with Crippen LogP contribution in [0.15, 0.2) is 37.1 Å². The van der Waals surface area contributed by atoms with E-state index in [2.05, 4.69) is 36.8 Å². The summed E-state index contributed by atoms with van der Waals surface area (Å²) < 4.78 is 1.98. The van der Waals surface area contributed by atoms with Gasteiger partial charge in [-0.05, 0) is 12.1 Å². The van der Waals surface area contributed by atoms with Crippen LogP contribution in [-0.2, 0) is 5.41 Å². The van der Waals surface area contributed by atoms with Crippen LogP contribution in [0, 0.1) is 0 Å². The van der Waals surface area contributed by atoms with E-state index in [1.807, 2.05) is 23.0 Å². The zero-order valence-electron chi connectivity index (χ0n) is 9.31. The molecule has 0 saturated heterocycles. The van der Waals surface area contributed by atoms with Crippen molar-refractivity contribution in [2.45, 2.75) is 26.2 Å². The van der Waals surface area contributed by atoms with E-state index in [0.717, 1.165) is 11.4 Å². The summed E-state index contributed by atoms with van der Waals surface area (Å²) in [5, 5.41) is 0. The van der Waals surface area contributed by atoms with Crippen LogP contribution >= 0.6 is 0 Å². The van der Waals surface area contributed by atoms with E-state index in [9.17, 15) is 0 Å². The molecular weight excluding hydrogens is 186 g/mol. The third-order valence-electron chi connectivity index (χ3n) is 2.31. The van der Waals surface area contributed by atoms with Crippen LogP contribution in [0.5, 0.6) is 0 Å². The van der Waals surface area contributed by atoms with Crippen molar-refractivity contribution in [3.63, 3.8) is 0 Å². The molecule has 0 unspecified atom stereocenters. The molecule has 15 heavy (non-hydrogen) atoms. The molecule has 0 aliphatic heterocycles. The van der Waals surface area contributed by atoms with Crippen molar-refractivity contribution in [1.29, 1.82) is 0 Å². The molecule has 0 amide bonds. The van der Waals surface area contributed by atoms with Crippen LogP contribution in [0.2, 0.25) is 0 Å². The summed E-state index contributed by atoms with van der Waals surface area (Å²) in [7, 11) is 0. The lowest BCUT2D eigenvalue weighted by atomic mass is 9.91. The monoisotopic (exact) mass is 201 g/mol. The average molecular weight is 201 g/mol. The van der Waals surface area contributed by atoms with Crippen LogP contribution in [0.25, 0.3) is 5.69 Å². The predicted octanol–water partition coefficient (Wildman–Crippen LogP) is 2.56. The normalized spacial score (nSPS) is 11.7. The quantitative estimate of drug-likeness (QED) is 0.710. The van der Waals surface area contributed by atoms with Crippen molar-refractivity contribution < 1.29 is 0 Å². The van der Waals surface area contributed by atoms with Gasteiger partial charge in [0.1, 0.15) is 0 Å². The standard InChI is InChI=1S/C12H15N3/c1-12(2,3)11-8-10(4-5-14-11)15-7-6-13-9-15/h4-9H,1-3H3. The minimum absolute atomic E-state index is 0.0800. The van der Waals surface area contributed by atoms with Crippen molar-refractivity contribution in [2.75, 3.05) is 0 Å². The van der Waals surface area contributed by atoms with Crippen molar-refractivity contribution in [2.24, 2.45) is 0 Å². The van der Waals surface area contributed by atoms with Gasteiger partial charge in [-0.25, -0.2) is 4.98 Å². The first-order valence-electron chi connectivity index (χ1n) is 5.02. The van der Waals surface area contributed by atoms with Crippen LogP contribution < -0.4 is 0 Å². The Hall–Kier alpha value is -1.64. The molecule has 0 fully saturated rings. The van der Waals surface area contributed by atoms with Gasteiger partial charge in [-0.15, -0.1) is 0 Å². The summed E-state index contributed by atoms with van der Waals surface area (Å²) in [6.45, 7) is 6.48. The first kappa shape index (κ1) is 9.90. The Kier molecular flexibility index (Phi) is 2.31. The summed E-state index contributed by atoms with van der Waals surface area (Å²) >= 11 is 0. The third kappa shape index (κ3) is 2.06. The van der Waals surface area contributed by atoms with E-state index >= 15 is 0 Å². The van der Waals surface area contributed by atoms with Crippen LogP contribution in [-0.4, -0.2) is 14.5 Å². The number of imidazole rings is 1. The second kappa shape index (κ2) is 3.50. The summed E-state index contributed by atoms with van der Waals surface area (Å²) in [5.41, 5.74) is 2.28. The lowest BCUT2D eigenvalue weighted by Gasteiger charge is -2.18. The molecule has 0 spiro atoms. The second-order valence-corrected chi connectivity index (χ2v) is 4.62. The summed E-state index contributed by atoms with van der Waals surface area (Å²) in [5.74, 6) is 0. The number of hydrogen-bond acceptors (Lipinski definition) is 2. The fraction of sp³-hybridized carbons (Fsp3) is 0.333. The lowest BCUT2D eigenvalue weighted by molar-refractivity contribution is 0.568. The van der Waals surface area contributed by atoms with E-state index in [0.29, 0.717) is 0 Å². The molecule has 2 rings (SSSR count). The van der Waals surface area contributed by atoms with Crippen LogP contribution in [0.4, 0.5) is 0 Å². The Morgan fingerprint density at radius 1 is 1.20 bits per heavy atom. The van der Waals surface area contributed by atoms with Gasteiger partial charge >= 0.3 is 0 Å². The molecule has 0 aliphatic rings. The molecule has 0 atom stereocenters. The Morgan fingerprint density at radius 3 is 2.60 bits per heavy atom. The second-order valence-electron chi connectivity index (χ2n) is 4.62. The van der Waals surface area contributed by atoms with Gasteiger partial charge in [0.05, 0.1) is 6.33 Å². The van der Waals surface area contributed by atoms with Gasteiger partial charge in [-0.3, -0.25) is 4.98 Å². The molecule has 2 aromatic rings. The van der Waals surface area contributed by atoms with Gasteiger partial charge in [0.2, 0.25) is 0 Å². The maximum Gasteiger partial charge on any atom is 0.0991 e. The number of aromatic nitrogens is 3. The van der Waals surface area contributed by atoms with Crippen molar-refractivity contribution >= 4 is 0 Å². The van der Waals surface area contributed by atoms with Gasteiger partial charge in [0.15, 0.2) is 0 Å². The van der Waals surface area contributed by atoms with Crippen molar-refractivity contribution in [3.8, 4) is 5.69 Å². The maximum absolute atomic E-state index is 4.39. The van der Waals surface area contributed by atoms with Crippen molar-refractivity contribution in [3.05, 3.63) is 42.7 Å². The van der Waals surface area contributed by atoms with Gasteiger partial charge in [-0.1, -0.05) is 20.8 Å². The zero-order chi connectivity index (χ0) is 10.9. The maximum atomic E-state index is 4.39. The van der Waals surface area contributed by atoms with Crippen LogP contribution in [0.3, 0.4) is 0 Å². The predicted molar refractivity (Wildman–Crippen MR) is 60.1 cm³/mol. The largest absolute Gasteiger partial charge is 0.306 e. The topological polar surface area (TPSA) is 30.7 Å². The molecule has 2 heterocycles. The van der Waals surface area contributed by atoms with E-state index in [-0.39, 0.29) is 5.41 Å². The van der Waals surface area contributed by atoms with Gasteiger partial charge in [0.25, 0.3) is 0 Å². The van der Waals surface area contributed by atoms with Gasteiger partial charge in [-0.2, -0.15) is 0 Å². The van der Waals surface area contributed by atoms with Crippen LogP contribution in [0.1, 0.15) is 26.5 Å².